The second kappa shape index (κ2) is 7.63. The third-order valence-electron chi connectivity index (χ3n) is 3.66. The third-order valence-corrected chi connectivity index (χ3v) is 4.79. The molecular weight excluding hydrogens is 300 g/mol. The second-order valence-electron chi connectivity index (χ2n) is 5.75. The Balaban J connectivity index is 3.01. The Morgan fingerprint density at radius 2 is 1.95 bits per heavy atom. The monoisotopic (exact) mass is 326 g/mol. The quantitative estimate of drug-likeness (QED) is 0.836. The lowest BCUT2D eigenvalue weighted by atomic mass is 10.1. The maximum absolute atomic E-state index is 12.1. The fourth-order valence-electron chi connectivity index (χ4n) is 2.34. The van der Waals surface area contributed by atoms with Crippen LogP contribution in [0.25, 0.3) is 0 Å². The predicted molar refractivity (Wildman–Crippen MR) is 90.6 cm³/mol. The normalized spacial score (nSPS) is 12.8. The number of nitrogens with one attached hydrogen (secondary N) is 1. The minimum Gasteiger partial charge on any atom is -0.352 e. The predicted octanol–water partition coefficient (Wildman–Crippen LogP) is 2.37. The van der Waals surface area contributed by atoms with Crippen LogP contribution in [-0.4, -0.2) is 33.2 Å². The Labute approximate surface area is 133 Å². The highest BCUT2D eigenvalue weighted by Gasteiger charge is 2.23. The molecule has 0 radical (unpaired) electrons. The number of aryl methyl sites for hydroxylation is 1. The first kappa shape index (κ1) is 18.5. The Morgan fingerprint density at radius 3 is 2.50 bits per heavy atom. The van der Waals surface area contributed by atoms with E-state index in [1.807, 2.05) is 33.8 Å². The fraction of sp³-hybridized carbons (Fsp3) is 0.562. The Morgan fingerprint density at radius 1 is 1.32 bits per heavy atom. The number of anilines is 1. The van der Waals surface area contributed by atoms with Gasteiger partial charge in [0.25, 0.3) is 0 Å². The summed E-state index contributed by atoms with van der Waals surface area (Å²) in [6.07, 6.45) is 2.96. The number of sulfonamides is 1. The molecule has 0 aliphatic carbocycles. The van der Waals surface area contributed by atoms with Gasteiger partial charge >= 0.3 is 0 Å². The van der Waals surface area contributed by atoms with Crippen molar-refractivity contribution in [1.29, 1.82) is 0 Å². The third kappa shape index (κ3) is 5.02. The minimum absolute atomic E-state index is 0.0394. The number of benzene rings is 1. The maximum Gasteiger partial charge on any atom is 0.240 e. The van der Waals surface area contributed by atoms with E-state index in [1.165, 1.54) is 4.31 Å². The number of amides is 1. The van der Waals surface area contributed by atoms with Crippen molar-refractivity contribution in [3.63, 3.8) is 0 Å². The molecule has 1 atom stereocenters. The molecule has 5 nitrogen and oxygen atoms in total. The molecule has 0 bridgehead atoms. The van der Waals surface area contributed by atoms with Crippen LogP contribution in [0, 0.1) is 13.8 Å². The van der Waals surface area contributed by atoms with Crippen LogP contribution >= 0.6 is 0 Å². The molecule has 22 heavy (non-hydrogen) atoms. The Bertz CT molecular complexity index is 626. The first-order valence-corrected chi connectivity index (χ1v) is 9.35. The van der Waals surface area contributed by atoms with Gasteiger partial charge in [-0.15, -0.1) is 0 Å². The molecule has 0 aromatic heterocycles. The summed E-state index contributed by atoms with van der Waals surface area (Å²) in [5, 5.41) is 2.84. The van der Waals surface area contributed by atoms with Crippen molar-refractivity contribution in [2.75, 3.05) is 17.1 Å². The second-order valence-corrected chi connectivity index (χ2v) is 7.65. The molecule has 1 aromatic carbocycles. The van der Waals surface area contributed by atoms with Gasteiger partial charge in [0.2, 0.25) is 15.9 Å². The van der Waals surface area contributed by atoms with Gasteiger partial charge in [-0.3, -0.25) is 9.10 Å². The summed E-state index contributed by atoms with van der Waals surface area (Å²) < 4.78 is 25.3. The molecule has 0 saturated heterocycles. The van der Waals surface area contributed by atoms with Crippen LogP contribution in [0.2, 0.25) is 0 Å². The van der Waals surface area contributed by atoms with Crippen molar-refractivity contribution in [2.24, 2.45) is 0 Å². The zero-order valence-corrected chi connectivity index (χ0v) is 14.8. The van der Waals surface area contributed by atoms with Gasteiger partial charge in [0.15, 0.2) is 0 Å². The van der Waals surface area contributed by atoms with E-state index in [2.05, 4.69) is 5.32 Å². The number of carbonyl (C=O) groups excluding carboxylic acids is 1. The summed E-state index contributed by atoms with van der Waals surface area (Å²) in [6.45, 7) is 7.55. The van der Waals surface area contributed by atoms with Crippen molar-refractivity contribution >= 4 is 21.6 Å². The summed E-state index contributed by atoms with van der Waals surface area (Å²) in [5.41, 5.74) is 2.41. The SMILES string of the molecule is CCCC(C)NC(=O)CN(c1cccc(C)c1C)S(C)(=O)=O. The lowest BCUT2D eigenvalue weighted by molar-refractivity contribution is -0.120. The van der Waals surface area contributed by atoms with Crippen molar-refractivity contribution in [1.82, 2.24) is 5.32 Å². The van der Waals surface area contributed by atoms with E-state index < -0.39 is 10.0 Å². The molecule has 1 amide bonds. The number of carbonyl (C=O) groups is 1. The Hall–Kier alpha value is -1.56. The molecule has 0 aliphatic heterocycles. The average molecular weight is 326 g/mol. The Kier molecular flexibility index (Phi) is 6.41. The van der Waals surface area contributed by atoms with E-state index in [-0.39, 0.29) is 18.5 Å². The van der Waals surface area contributed by atoms with E-state index in [4.69, 9.17) is 0 Å². The molecule has 124 valence electrons. The number of rotatable bonds is 7. The van der Waals surface area contributed by atoms with E-state index in [0.717, 1.165) is 30.2 Å². The number of hydrogen-bond donors (Lipinski definition) is 1. The molecule has 1 aromatic rings. The molecule has 0 fully saturated rings. The van der Waals surface area contributed by atoms with Gasteiger partial charge in [-0.05, 0) is 44.4 Å². The molecule has 0 spiro atoms. The van der Waals surface area contributed by atoms with E-state index >= 15 is 0 Å². The van der Waals surface area contributed by atoms with E-state index in [0.29, 0.717) is 5.69 Å². The van der Waals surface area contributed by atoms with Gasteiger partial charge in [-0.2, -0.15) is 0 Å². The lowest BCUT2D eigenvalue weighted by Crippen LogP contribution is -2.43. The highest BCUT2D eigenvalue weighted by atomic mass is 32.2. The van der Waals surface area contributed by atoms with Gasteiger partial charge in [0.1, 0.15) is 6.54 Å². The zero-order valence-electron chi connectivity index (χ0n) is 14.0. The summed E-state index contributed by atoms with van der Waals surface area (Å²) in [7, 11) is -3.53. The molecule has 6 heteroatoms. The van der Waals surface area contributed by atoms with Crippen LogP contribution in [0.5, 0.6) is 0 Å². The van der Waals surface area contributed by atoms with Crippen LogP contribution in [0.3, 0.4) is 0 Å². The lowest BCUT2D eigenvalue weighted by Gasteiger charge is -2.25. The first-order chi connectivity index (χ1) is 10.2. The summed E-state index contributed by atoms with van der Waals surface area (Å²) in [6, 6.07) is 5.49. The molecule has 0 aliphatic rings. The number of hydrogen-bond acceptors (Lipinski definition) is 3. The molecule has 1 N–H and O–H groups in total. The standard InChI is InChI=1S/C16H26N2O3S/c1-6-8-13(3)17-16(19)11-18(22(5,20)21)15-10-7-9-12(2)14(15)4/h7,9-10,13H,6,8,11H2,1-5H3,(H,17,19). The van der Waals surface area contributed by atoms with Gasteiger partial charge in [0.05, 0.1) is 11.9 Å². The van der Waals surface area contributed by atoms with Crippen LogP contribution in [0.1, 0.15) is 37.8 Å². The van der Waals surface area contributed by atoms with Crippen LogP contribution in [0.4, 0.5) is 5.69 Å². The number of nitrogens with zero attached hydrogens (tertiary/aromatic N) is 1. The maximum atomic E-state index is 12.1. The molecule has 1 rings (SSSR count). The van der Waals surface area contributed by atoms with Crippen molar-refractivity contribution in [3.8, 4) is 0 Å². The van der Waals surface area contributed by atoms with E-state index in [1.54, 1.807) is 12.1 Å². The first-order valence-electron chi connectivity index (χ1n) is 7.50. The zero-order chi connectivity index (χ0) is 16.9. The van der Waals surface area contributed by atoms with Crippen molar-refractivity contribution < 1.29 is 13.2 Å². The summed E-state index contributed by atoms with van der Waals surface area (Å²) >= 11 is 0. The van der Waals surface area contributed by atoms with Crippen LogP contribution in [-0.2, 0) is 14.8 Å². The van der Waals surface area contributed by atoms with Gasteiger partial charge in [-0.1, -0.05) is 25.5 Å². The van der Waals surface area contributed by atoms with Crippen LogP contribution in [0.15, 0.2) is 18.2 Å². The van der Waals surface area contributed by atoms with Gasteiger partial charge < -0.3 is 5.32 Å². The topological polar surface area (TPSA) is 66.5 Å². The van der Waals surface area contributed by atoms with E-state index in [9.17, 15) is 13.2 Å². The fourth-order valence-corrected chi connectivity index (χ4v) is 3.25. The van der Waals surface area contributed by atoms with Gasteiger partial charge in [0, 0.05) is 6.04 Å². The van der Waals surface area contributed by atoms with Crippen LogP contribution < -0.4 is 9.62 Å². The van der Waals surface area contributed by atoms with Gasteiger partial charge in [-0.25, -0.2) is 8.42 Å². The summed E-state index contributed by atoms with van der Waals surface area (Å²) in [4.78, 5) is 12.1. The van der Waals surface area contributed by atoms with Crippen molar-refractivity contribution in [3.05, 3.63) is 29.3 Å². The molecule has 1 unspecified atom stereocenters. The summed E-state index contributed by atoms with van der Waals surface area (Å²) in [5.74, 6) is -0.285. The molecule has 0 heterocycles. The highest BCUT2D eigenvalue weighted by molar-refractivity contribution is 7.92. The minimum atomic E-state index is -3.53. The molecule has 0 saturated carbocycles. The highest BCUT2D eigenvalue weighted by Crippen LogP contribution is 2.24. The molecular formula is C16H26N2O3S. The largest absolute Gasteiger partial charge is 0.352 e. The smallest absolute Gasteiger partial charge is 0.240 e. The average Bonchev–Trinajstić information content (AvgIpc) is 2.38. The van der Waals surface area contributed by atoms with Crippen molar-refractivity contribution in [2.45, 2.75) is 46.6 Å².